The molecule has 1 aliphatic carbocycles. The van der Waals surface area contributed by atoms with E-state index in [2.05, 4.69) is 16.4 Å². The number of thiophene rings is 1. The van der Waals surface area contributed by atoms with Crippen molar-refractivity contribution in [2.24, 2.45) is 11.7 Å². The van der Waals surface area contributed by atoms with Gasteiger partial charge in [0.15, 0.2) is 0 Å². The predicted octanol–water partition coefficient (Wildman–Crippen LogP) is 3.32. The summed E-state index contributed by atoms with van der Waals surface area (Å²) >= 11 is 1.39. The van der Waals surface area contributed by atoms with E-state index in [9.17, 15) is 9.59 Å². The maximum absolute atomic E-state index is 13.3. The fourth-order valence-electron chi connectivity index (χ4n) is 5.99. The van der Waals surface area contributed by atoms with E-state index < -0.39 is 5.91 Å². The lowest BCUT2D eigenvalue weighted by molar-refractivity contribution is -0.125. The number of nitrogens with one attached hydrogen (secondary N) is 1. The van der Waals surface area contributed by atoms with Crippen molar-refractivity contribution < 1.29 is 14.3 Å². The van der Waals surface area contributed by atoms with Crippen LogP contribution in [-0.2, 0) is 22.4 Å². The number of primary amides is 1. The first-order valence-corrected chi connectivity index (χ1v) is 13.1. The lowest BCUT2D eigenvalue weighted by Crippen LogP contribution is -2.53. The lowest BCUT2D eigenvalue weighted by atomic mass is 9.83. The Morgan fingerprint density at radius 1 is 1.15 bits per heavy atom. The topological polar surface area (TPSA) is 102 Å². The van der Waals surface area contributed by atoms with Crippen molar-refractivity contribution in [3.63, 3.8) is 0 Å². The molecule has 2 unspecified atom stereocenters. The average Bonchev–Trinajstić information content (AvgIpc) is 3.38. The number of fused-ring (bicyclic) bond motifs is 6. The van der Waals surface area contributed by atoms with E-state index >= 15 is 0 Å². The molecule has 4 saturated heterocycles. The van der Waals surface area contributed by atoms with E-state index in [0.717, 1.165) is 86.3 Å². The molecule has 4 fully saturated rings. The van der Waals surface area contributed by atoms with Gasteiger partial charge in [-0.2, -0.15) is 5.10 Å². The van der Waals surface area contributed by atoms with E-state index in [0.29, 0.717) is 16.5 Å². The molecule has 9 heteroatoms. The second-order valence-electron chi connectivity index (χ2n) is 9.84. The minimum atomic E-state index is -0.488. The number of carbonyl (C=O) groups is 2. The zero-order chi connectivity index (χ0) is 22.5. The van der Waals surface area contributed by atoms with Gasteiger partial charge >= 0.3 is 0 Å². The maximum atomic E-state index is 13.3. The summed E-state index contributed by atoms with van der Waals surface area (Å²) in [4.78, 5) is 29.5. The molecule has 0 saturated carbocycles. The van der Waals surface area contributed by atoms with Gasteiger partial charge in [0.05, 0.1) is 17.4 Å². The third-order valence-electron chi connectivity index (χ3n) is 7.77. The van der Waals surface area contributed by atoms with E-state index in [-0.39, 0.29) is 18.2 Å². The Morgan fingerprint density at radius 3 is 2.70 bits per heavy atom. The van der Waals surface area contributed by atoms with Crippen LogP contribution in [0.25, 0.3) is 10.4 Å². The number of nitrogens with two attached hydrogens (primary N) is 1. The third-order valence-corrected chi connectivity index (χ3v) is 9.05. The molecule has 6 heterocycles. The van der Waals surface area contributed by atoms with E-state index in [1.165, 1.54) is 24.2 Å². The van der Waals surface area contributed by atoms with E-state index in [1.807, 2.05) is 4.68 Å². The molecule has 5 aliphatic rings. The average molecular weight is 470 g/mol. The number of piperidine rings is 3. The van der Waals surface area contributed by atoms with Crippen molar-refractivity contribution in [1.82, 2.24) is 14.7 Å². The number of rotatable bonds is 4. The van der Waals surface area contributed by atoms with Crippen molar-refractivity contribution in [1.29, 1.82) is 0 Å². The minimum absolute atomic E-state index is 0.00160. The van der Waals surface area contributed by atoms with Crippen LogP contribution in [0.4, 0.5) is 5.69 Å². The van der Waals surface area contributed by atoms with Crippen molar-refractivity contribution in [2.75, 3.05) is 25.0 Å². The number of nitrogens with zero attached hydrogens (tertiary/aromatic N) is 3. The predicted molar refractivity (Wildman–Crippen MR) is 126 cm³/mol. The second kappa shape index (κ2) is 8.52. The van der Waals surface area contributed by atoms with Gasteiger partial charge in [0.25, 0.3) is 5.91 Å². The number of anilines is 1. The SMILES string of the molecule is NC(=O)c1sc2c(c1NC(=O)C1CC3CCN1CC3)CCCc1nn(C3CCCCO3)cc1-2. The van der Waals surface area contributed by atoms with Gasteiger partial charge in [0.1, 0.15) is 11.1 Å². The summed E-state index contributed by atoms with van der Waals surface area (Å²) in [6.07, 6.45) is 11.1. The summed E-state index contributed by atoms with van der Waals surface area (Å²) in [6.45, 7) is 2.73. The molecule has 2 aromatic heterocycles. The number of hydrogen-bond acceptors (Lipinski definition) is 6. The zero-order valence-electron chi connectivity index (χ0n) is 18.8. The minimum Gasteiger partial charge on any atom is -0.365 e. The van der Waals surface area contributed by atoms with Crippen LogP contribution in [0.1, 0.15) is 72.1 Å². The molecule has 2 atom stereocenters. The Kier molecular flexibility index (Phi) is 5.50. The van der Waals surface area contributed by atoms with Gasteiger partial charge in [-0.25, -0.2) is 4.68 Å². The molecule has 0 radical (unpaired) electrons. The summed E-state index contributed by atoms with van der Waals surface area (Å²) in [5, 5.41) is 8.03. The molecule has 33 heavy (non-hydrogen) atoms. The van der Waals surface area contributed by atoms with E-state index in [1.54, 1.807) is 0 Å². The quantitative estimate of drug-likeness (QED) is 0.715. The molecule has 0 spiro atoms. The molecular formula is C24H31N5O3S. The van der Waals surface area contributed by atoms with Gasteiger partial charge in [-0.15, -0.1) is 11.3 Å². The summed E-state index contributed by atoms with van der Waals surface area (Å²) in [6, 6.07) is -0.110. The highest BCUT2D eigenvalue weighted by atomic mass is 32.1. The smallest absolute Gasteiger partial charge is 0.260 e. The van der Waals surface area contributed by atoms with Crippen molar-refractivity contribution in [3.8, 4) is 10.4 Å². The van der Waals surface area contributed by atoms with Crippen LogP contribution in [0.2, 0.25) is 0 Å². The molecule has 3 N–H and O–H groups in total. The first-order valence-electron chi connectivity index (χ1n) is 12.3. The van der Waals surface area contributed by atoms with Crippen LogP contribution in [0, 0.1) is 5.92 Å². The lowest BCUT2D eigenvalue weighted by Gasteiger charge is -2.44. The fraction of sp³-hybridized carbons (Fsp3) is 0.625. The highest BCUT2D eigenvalue weighted by Gasteiger charge is 2.38. The molecular weight excluding hydrogens is 438 g/mol. The van der Waals surface area contributed by atoms with Crippen LogP contribution >= 0.6 is 11.3 Å². The number of ether oxygens (including phenoxy) is 1. The molecule has 2 bridgehead atoms. The summed E-state index contributed by atoms with van der Waals surface area (Å²) in [5.74, 6) is 0.146. The molecule has 176 valence electrons. The highest BCUT2D eigenvalue weighted by molar-refractivity contribution is 7.18. The number of hydrogen-bond donors (Lipinski definition) is 2. The van der Waals surface area contributed by atoms with Crippen LogP contribution in [0.5, 0.6) is 0 Å². The van der Waals surface area contributed by atoms with Crippen molar-refractivity contribution in [3.05, 3.63) is 22.3 Å². The zero-order valence-corrected chi connectivity index (χ0v) is 19.7. The highest BCUT2D eigenvalue weighted by Crippen LogP contribution is 2.45. The molecule has 0 aromatic carbocycles. The number of aryl methyl sites for hydroxylation is 1. The van der Waals surface area contributed by atoms with Gasteiger partial charge in [-0.3, -0.25) is 14.5 Å². The molecule has 7 rings (SSSR count). The van der Waals surface area contributed by atoms with Crippen LogP contribution in [0.3, 0.4) is 0 Å². The normalized spacial score (nSPS) is 28.6. The van der Waals surface area contributed by atoms with Gasteiger partial charge < -0.3 is 15.8 Å². The van der Waals surface area contributed by atoms with Crippen LogP contribution in [0.15, 0.2) is 6.20 Å². The third kappa shape index (κ3) is 3.80. The first-order chi connectivity index (χ1) is 16.1. The maximum Gasteiger partial charge on any atom is 0.260 e. The van der Waals surface area contributed by atoms with Crippen molar-refractivity contribution >= 4 is 28.8 Å². The Hall–Kier alpha value is -2.23. The number of aromatic nitrogens is 2. The van der Waals surface area contributed by atoms with Gasteiger partial charge in [-0.1, -0.05) is 0 Å². The van der Waals surface area contributed by atoms with E-state index in [4.69, 9.17) is 15.6 Å². The summed E-state index contributed by atoms with van der Waals surface area (Å²) in [5.41, 5.74) is 9.53. The van der Waals surface area contributed by atoms with Crippen LogP contribution in [-0.4, -0.2) is 52.2 Å². The van der Waals surface area contributed by atoms with Gasteiger partial charge in [-0.05, 0) is 82.4 Å². The van der Waals surface area contributed by atoms with Crippen LogP contribution < -0.4 is 11.1 Å². The Morgan fingerprint density at radius 2 is 2.00 bits per heavy atom. The Balaban J connectivity index is 1.34. The second-order valence-corrected chi connectivity index (χ2v) is 10.9. The largest absolute Gasteiger partial charge is 0.365 e. The number of carbonyl (C=O) groups excluding carboxylic acids is 2. The summed E-state index contributed by atoms with van der Waals surface area (Å²) < 4.78 is 7.89. The standard InChI is InChI=1S/C24H31N5O3S/c25-23(30)22-20(26-24(31)18-12-14-7-9-28(18)10-8-14)15-4-3-5-17-16(21(15)33-22)13-29(27-17)19-6-1-2-11-32-19/h13-14,18-19H,1-12H2,(H2,25,30)(H,26,31). The first kappa shape index (κ1) is 21.3. The molecule has 2 aromatic rings. The number of amides is 2. The Bertz CT molecular complexity index is 1080. The molecule has 4 aliphatic heterocycles. The van der Waals surface area contributed by atoms with Crippen molar-refractivity contribution in [2.45, 2.75) is 70.1 Å². The monoisotopic (exact) mass is 469 g/mol. The Labute approximate surface area is 197 Å². The van der Waals surface area contributed by atoms with Gasteiger partial charge in [0, 0.05) is 23.2 Å². The fourth-order valence-corrected chi connectivity index (χ4v) is 7.18. The molecule has 2 amide bonds. The summed E-state index contributed by atoms with van der Waals surface area (Å²) in [7, 11) is 0. The van der Waals surface area contributed by atoms with Gasteiger partial charge in [0.2, 0.25) is 5.91 Å². The molecule has 8 nitrogen and oxygen atoms in total.